The maximum Gasteiger partial charge on any atom is 0.277 e. The van der Waals surface area contributed by atoms with Gasteiger partial charge in [0.25, 0.3) is 5.91 Å². The predicted octanol–water partition coefficient (Wildman–Crippen LogP) is 3.61. The van der Waals surface area contributed by atoms with Crippen molar-refractivity contribution in [2.45, 2.75) is 27.2 Å². The summed E-state index contributed by atoms with van der Waals surface area (Å²) in [6, 6.07) is 15.7. The van der Waals surface area contributed by atoms with Crippen LogP contribution in [0, 0.1) is 13.8 Å². The summed E-state index contributed by atoms with van der Waals surface area (Å²) in [6.45, 7) is 5.89. The number of rotatable bonds is 6. The number of hydrogen-bond acceptors (Lipinski definition) is 3. The van der Waals surface area contributed by atoms with Crippen molar-refractivity contribution in [3.63, 3.8) is 0 Å². The van der Waals surface area contributed by atoms with Gasteiger partial charge >= 0.3 is 0 Å². The molecule has 0 atom stereocenters. The van der Waals surface area contributed by atoms with Crippen LogP contribution in [0.25, 0.3) is 0 Å². The van der Waals surface area contributed by atoms with Gasteiger partial charge in [-0.15, -0.1) is 0 Å². The van der Waals surface area contributed by atoms with E-state index in [1.165, 1.54) is 0 Å². The summed E-state index contributed by atoms with van der Waals surface area (Å²) in [5.41, 5.74) is 6.51. The molecule has 0 fully saturated rings. The summed E-state index contributed by atoms with van der Waals surface area (Å²) < 4.78 is 5.57. The van der Waals surface area contributed by atoms with E-state index < -0.39 is 0 Å². The first-order valence-corrected chi connectivity index (χ1v) is 7.71. The van der Waals surface area contributed by atoms with Gasteiger partial charge in [-0.2, -0.15) is 5.10 Å². The fraction of sp³-hybridized carbons (Fsp3) is 0.263. The van der Waals surface area contributed by atoms with Crippen molar-refractivity contribution < 1.29 is 9.53 Å². The summed E-state index contributed by atoms with van der Waals surface area (Å²) in [6.07, 6.45) is 0.738. The number of carbonyl (C=O) groups is 1. The first-order valence-electron chi connectivity index (χ1n) is 7.71. The molecule has 0 radical (unpaired) electrons. The van der Waals surface area contributed by atoms with Gasteiger partial charge in [-0.25, -0.2) is 5.43 Å². The van der Waals surface area contributed by atoms with Crippen LogP contribution in [0.1, 0.15) is 30.0 Å². The van der Waals surface area contributed by atoms with E-state index in [2.05, 4.69) is 10.5 Å². The Balaban J connectivity index is 1.94. The molecule has 4 nitrogen and oxygen atoms in total. The Morgan fingerprint density at radius 3 is 2.57 bits per heavy atom. The third-order valence-electron chi connectivity index (χ3n) is 3.46. The van der Waals surface area contributed by atoms with Gasteiger partial charge in [-0.1, -0.05) is 49.4 Å². The number of nitrogens with one attached hydrogen (secondary N) is 1. The molecule has 2 rings (SSSR count). The Morgan fingerprint density at radius 2 is 1.87 bits per heavy atom. The van der Waals surface area contributed by atoms with Crippen molar-refractivity contribution in [3.8, 4) is 5.75 Å². The van der Waals surface area contributed by atoms with Crippen molar-refractivity contribution in [3.05, 3.63) is 65.2 Å². The molecule has 23 heavy (non-hydrogen) atoms. The number of benzene rings is 2. The highest BCUT2D eigenvalue weighted by Gasteiger charge is 2.06. The van der Waals surface area contributed by atoms with Gasteiger partial charge in [0.2, 0.25) is 0 Å². The first-order chi connectivity index (χ1) is 11.1. The highest BCUT2D eigenvalue weighted by atomic mass is 16.5. The summed E-state index contributed by atoms with van der Waals surface area (Å²) in [5, 5.41) is 4.20. The van der Waals surface area contributed by atoms with Gasteiger partial charge in [0.05, 0.1) is 5.71 Å². The normalized spacial score (nSPS) is 11.2. The standard InChI is InChI=1S/C19H22N2O2/c1-4-17(16-8-6-5-7-9-16)20-21-19(22)13-23-18-12-14(2)10-11-15(18)3/h5-12H,4,13H2,1-3H3,(H,21,22)/b20-17+. The molecule has 2 aromatic rings. The molecule has 0 unspecified atom stereocenters. The van der Waals surface area contributed by atoms with Crippen molar-refractivity contribution in [1.82, 2.24) is 5.43 Å². The minimum absolute atomic E-state index is 0.0560. The van der Waals surface area contributed by atoms with E-state index in [0.29, 0.717) is 0 Å². The average molecular weight is 310 g/mol. The van der Waals surface area contributed by atoms with Gasteiger partial charge in [-0.3, -0.25) is 4.79 Å². The van der Waals surface area contributed by atoms with Crippen LogP contribution in [0.5, 0.6) is 5.75 Å². The van der Waals surface area contributed by atoms with Crippen LogP contribution in [-0.4, -0.2) is 18.2 Å². The molecule has 0 spiro atoms. The number of nitrogens with zero attached hydrogens (tertiary/aromatic N) is 1. The van der Waals surface area contributed by atoms with Gasteiger partial charge in [-0.05, 0) is 43.0 Å². The Labute approximate surface area is 137 Å². The molecule has 0 aliphatic heterocycles. The van der Waals surface area contributed by atoms with Gasteiger partial charge < -0.3 is 4.74 Å². The molecule has 0 bridgehead atoms. The lowest BCUT2D eigenvalue weighted by Gasteiger charge is -2.09. The van der Waals surface area contributed by atoms with Crippen LogP contribution in [0.3, 0.4) is 0 Å². The Bertz CT molecular complexity index is 694. The first kappa shape index (κ1) is 16.7. The highest BCUT2D eigenvalue weighted by Crippen LogP contribution is 2.18. The predicted molar refractivity (Wildman–Crippen MR) is 92.8 cm³/mol. The number of amides is 1. The topological polar surface area (TPSA) is 50.7 Å². The number of hydrogen-bond donors (Lipinski definition) is 1. The zero-order chi connectivity index (χ0) is 16.7. The molecule has 0 saturated heterocycles. The van der Waals surface area contributed by atoms with Crippen LogP contribution in [0.2, 0.25) is 0 Å². The molecule has 0 heterocycles. The lowest BCUT2D eigenvalue weighted by Crippen LogP contribution is -2.26. The number of hydrazone groups is 1. The van der Waals surface area contributed by atoms with Gasteiger partial charge in [0.15, 0.2) is 6.61 Å². The van der Waals surface area contributed by atoms with Crippen LogP contribution in [0.4, 0.5) is 0 Å². The van der Waals surface area contributed by atoms with Crippen molar-refractivity contribution in [2.24, 2.45) is 5.10 Å². The van der Waals surface area contributed by atoms with E-state index in [9.17, 15) is 4.79 Å². The summed E-state index contributed by atoms with van der Waals surface area (Å²) in [4.78, 5) is 11.9. The molecule has 1 amide bonds. The molecule has 120 valence electrons. The molecule has 0 aromatic heterocycles. The van der Waals surface area contributed by atoms with Crippen molar-refractivity contribution in [1.29, 1.82) is 0 Å². The highest BCUT2D eigenvalue weighted by molar-refractivity contribution is 6.00. The van der Waals surface area contributed by atoms with Crippen LogP contribution >= 0.6 is 0 Å². The van der Waals surface area contributed by atoms with Crippen molar-refractivity contribution >= 4 is 11.6 Å². The van der Waals surface area contributed by atoms with E-state index >= 15 is 0 Å². The second-order valence-electron chi connectivity index (χ2n) is 5.37. The number of carbonyl (C=O) groups excluding carboxylic acids is 1. The minimum Gasteiger partial charge on any atom is -0.483 e. The van der Waals surface area contributed by atoms with E-state index in [4.69, 9.17) is 4.74 Å². The fourth-order valence-corrected chi connectivity index (χ4v) is 2.15. The molecule has 0 aliphatic carbocycles. The molecule has 0 saturated carbocycles. The SMILES string of the molecule is CC/C(=N\NC(=O)COc1cc(C)ccc1C)c1ccccc1. The Morgan fingerprint density at radius 1 is 1.13 bits per heavy atom. The largest absolute Gasteiger partial charge is 0.483 e. The smallest absolute Gasteiger partial charge is 0.277 e. The maximum atomic E-state index is 11.9. The second kappa shape index (κ2) is 8.13. The van der Waals surface area contributed by atoms with E-state index in [1.807, 2.05) is 69.3 Å². The number of aryl methyl sites for hydroxylation is 2. The summed E-state index contributed by atoms with van der Waals surface area (Å²) >= 11 is 0. The van der Waals surface area contributed by atoms with Gasteiger partial charge in [0.1, 0.15) is 5.75 Å². The fourth-order valence-electron chi connectivity index (χ4n) is 2.15. The van der Waals surface area contributed by atoms with Crippen molar-refractivity contribution in [2.75, 3.05) is 6.61 Å². The molecular weight excluding hydrogens is 288 g/mol. The molecule has 1 N–H and O–H groups in total. The lowest BCUT2D eigenvalue weighted by atomic mass is 10.1. The quantitative estimate of drug-likeness (QED) is 0.654. The monoisotopic (exact) mass is 310 g/mol. The molecule has 2 aromatic carbocycles. The third-order valence-corrected chi connectivity index (χ3v) is 3.46. The van der Waals surface area contributed by atoms with Crippen LogP contribution in [-0.2, 0) is 4.79 Å². The zero-order valence-corrected chi connectivity index (χ0v) is 13.8. The zero-order valence-electron chi connectivity index (χ0n) is 13.8. The molecular formula is C19H22N2O2. The van der Waals surface area contributed by atoms with E-state index in [1.54, 1.807) is 0 Å². The molecule has 4 heteroatoms. The minimum atomic E-state index is -0.271. The Kier molecular flexibility index (Phi) is 5.92. The van der Waals surface area contributed by atoms with Crippen LogP contribution in [0.15, 0.2) is 53.6 Å². The average Bonchev–Trinajstić information content (AvgIpc) is 2.57. The maximum absolute atomic E-state index is 11.9. The van der Waals surface area contributed by atoms with Gasteiger partial charge in [0, 0.05) is 0 Å². The second-order valence-corrected chi connectivity index (χ2v) is 5.37. The third kappa shape index (κ3) is 4.95. The van der Waals surface area contributed by atoms with Crippen LogP contribution < -0.4 is 10.2 Å². The van der Waals surface area contributed by atoms with E-state index in [-0.39, 0.29) is 12.5 Å². The lowest BCUT2D eigenvalue weighted by molar-refractivity contribution is -0.123. The summed E-state index contributed by atoms with van der Waals surface area (Å²) in [7, 11) is 0. The molecule has 0 aliphatic rings. The Hall–Kier alpha value is -2.62. The number of ether oxygens (including phenoxy) is 1. The summed E-state index contributed by atoms with van der Waals surface area (Å²) in [5.74, 6) is 0.454. The van der Waals surface area contributed by atoms with E-state index in [0.717, 1.165) is 34.6 Å².